The highest BCUT2D eigenvalue weighted by Gasteiger charge is 2.14. The third-order valence-electron chi connectivity index (χ3n) is 3.78. The van der Waals surface area contributed by atoms with Crippen LogP contribution in [0.15, 0.2) is 24.3 Å². The minimum Gasteiger partial charge on any atom is -0.330 e. The van der Waals surface area contributed by atoms with Crippen LogP contribution in [0.2, 0.25) is 0 Å². The zero-order chi connectivity index (χ0) is 14.7. The largest absolute Gasteiger partial charge is 0.330 e. The Balaban J connectivity index is 2.02. The topological polar surface area (TPSA) is 46.9 Å². The average Bonchev–Trinajstić information content (AvgIpc) is 2.76. The van der Waals surface area contributed by atoms with Gasteiger partial charge in [0.05, 0.1) is 17.1 Å². The number of nitrogens with one attached hydrogen (secondary N) is 1. The van der Waals surface area contributed by atoms with Crippen LogP contribution in [0.5, 0.6) is 0 Å². The van der Waals surface area contributed by atoms with E-state index in [4.69, 9.17) is 0 Å². The molecule has 5 heteroatoms. The Morgan fingerprint density at radius 3 is 2.70 bits per heavy atom. The molecule has 2 aromatic rings. The van der Waals surface area contributed by atoms with Crippen molar-refractivity contribution in [2.24, 2.45) is 7.05 Å². The maximum atomic E-state index is 11.3. The van der Waals surface area contributed by atoms with Crippen LogP contribution in [0, 0.1) is 0 Å². The Hall–Kier alpha value is -1.20. The maximum Gasteiger partial charge on any atom is 0.126 e. The fourth-order valence-corrected chi connectivity index (χ4v) is 2.76. The molecule has 0 radical (unpaired) electrons. The van der Waals surface area contributed by atoms with Crippen LogP contribution in [-0.4, -0.2) is 31.8 Å². The number of para-hydroxylation sites is 2. The van der Waals surface area contributed by atoms with Gasteiger partial charge in [-0.1, -0.05) is 19.1 Å². The van der Waals surface area contributed by atoms with Crippen LogP contribution >= 0.6 is 0 Å². The van der Waals surface area contributed by atoms with E-state index in [9.17, 15) is 4.21 Å². The Morgan fingerprint density at radius 2 is 2.05 bits per heavy atom. The van der Waals surface area contributed by atoms with Gasteiger partial charge in [-0.2, -0.15) is 0 Å². The van der Waals surface area contributed by atoms with Gasteiger partial charge < -0.3 is 9.88 Å². The van der Waals surface area contributed by atoms with Crippen molar-refractivity contribution in [1.82, 2.24) is 14.9 Å². The highest BCUT2D eigenvalue weighted by molar-refractivity contribution is 7.84. The van der Waals surface area contributed by atoms with E-state index in [1.165, 1.54) is 0 Å². The molecule has 1 aromatic carbocycles. The highest BCUT2D eigenvalue weighted by atomic mass is 32.2. The third-order valence-corrected chi connectivity index (χ3v) is 5.15. The molecule has 0 aliphatic heterocycles. The van der Waals surface area contributed by atoms with Crippen molar-refractivity contribution in [2.75, 3.05) is 12.8 Å². The lowest BCUT2D eigenvalue weighted by Gasteiger charge is -2.15. The molecule has 0 amide bonds. The molecule has 3 unspecified atom stereocenters. The van der Waals surface area contributed by atoms with Crippen molar-refractivity contribution in [3.05, 3.63) is 30.1 Å². The maximum absolute atomic E-state index is 11.3. The molecule has 1 heterocycles. The van der Waals surface area contributed by atoms with E-state index < -0.39 is 10.8 Å². The summed E-state index contributed by atoms with van der Waals surface area (Å²) >= 11 is 0. The number of aryl methyl sites for hydroxylation is 1. The standard InChI is InChI=1S/C15H23N3OS/c1-11(20(4)19)9-10-16-12(2)15-17-13-7-5-6-8-14(13)18(15)3/h5-8,11-12,16H,9-10H2,1-4H3. The van der Waals surface area contributed by atoms with Gasteiger partial charge in [-0.15, -0.1) is 0 Å². The number of benzene rings is 1. The fourth-order valence-electron chi connectivity index (χ4n) is 2.31. The molecule has 0 aliphatic rings. The lowest BCUT2D eigenvalue weighted by Crippen LogP contribution is -2.25. The average molecular weight is 293 g/mol. The predicted octanol–water partition coefficient (Wildman–Crippen LogP) is 2.38. The second-order valence-electron chi connectivity index (χ2n) is 5.29. The summed E-state index contributed by atoms with van der Waals surface area (Å²) in [6.07, 6.45) is 2.68. The van der Waals surface area contributed by atoms with Crippen molar-refractivity contribution < 1.29 is 4.21 Å². The summed E-state index contributed by atoms with van der Waals surface area (Å²) in [5.74, 6) is 1.04. The third kappa shape index (κ3) is 3.27. The molecule has 110 valence electrons. The van der Waals surface area contributed by atoms with Crippen LogP contribution < -0.4 is 5.32 Å². The van der Waals surface area contributed by atoms with E-state index >= 15 is 0 Å². The summed E-state index contributed by atoms with van der Waals surface area (Å²) in [4.78, 5) is 4.69. The van der Waals surface area contributed by atoms with Crippen molar-refractivity contribution >= 4 is 21.8 Å². The van der Waals surface area contributed by atoms with Crippen molar-refractivity contribution in [1.29, 1.82) is 0 Å². The zero-order valence-electron chi connectivity index (χ0n) is 12.6. The SMILES string of the molecule is CC(NCCC(C)S(C)=O)c1nc2ccccc2n1C. The molecule has 0 fully saturated rings. The number of hydrogen-bond acceptors (Lipinski definition) is 3. The normalized spacial score (nSPS) is 16.2. The van der Waals surface area contributed by atoms with E-state index in [1.807, 2.05) is 32.2 Å². The molecule has 0 saturated carbocycles. The lowest BCUT2D eigenvalue weighted by molar-refractivity contribution is 0.521. The first-order valence-corrected chi connectivity index (χ1v) is 8.59. The summed E-state index contributed by atoms with van der Waals surface area (Å²) < 4.78 is 13.5. The lowest BCUT2D eigenvalue weighted by atomic mass is 10.2. The molecule has 0 aliphatic carbocycles. The predicted molar refractivity (Wildman–Crippen MR) is 85.3 cm³/mol. The van der Waals surface area contributed by atoms with Gasteiger partial charge >= 0.3 is 0 Å². The number of aromatic nitrogens is 2. The van der Waals surface area contributed by atoms with Gasteiger partial charge in [0, 0.05) is 29.4 Å². The van der Waals surface area contributed by atoms with Gasteiger partial charge in [0.15, 0.2) is 0 Å². The Kier molecular flexibility index (Phi) is 4.94. The molecule has 0 spiro atoms. The van der Waals surface area contributed by atoms with Crippen LogP contribution in [0.4, 0.5) is 0 Å². The van der Waals surface area contributed by atoms with E-state index in [2.05, 4.69) is 27.9 Å². The Morgan fingerprint density at radius 1 is 1.35 bits per heavy atom. The summed E-state index contributed by atoms with van der Waals surface area (Å²) in [5.41, 5.74) is 2.18. The van der Waals surface area contributed by atoms with Crippen LogP contribution in [0.25, 0.3) is 11.0 Å². The first-order valence-electron chi connectivity index (χ1n) is 6.97. The Bertz CT molecular complexity index is 608. The number of hydrogen-bond donors (Lipinski definition) is 1. The number of imidazole rings is 1. The first-order chi connectivity index (χ1) is 9.50. The number of nitrogens with zero attached hydrogens (tertiary/aromatic N) is 2. The van der Waals surface area contributed by atoms with E-state index in [0.717, 1.165) is 29.8 Å². The van der Waals surface area contributed by atoms with E-state index in [-0.39, 0.29) is 11.3 Å². The zero-order valence-corrected chi connectivity index (χ0v) is 13.4. The van der Waals surface area contributed by atoms with Gasteiger partial charge in [-0.25, -0.2) is 4.98 Å². The van der Waals surface area contributed by atoms with Crippen LogP contribution in [-0.2, 0) is 17.8 Å². The molecule has 3 atom stereocenters. The smallest absolute Gasteiger partial charge is 0.126 e. The molecule has 1 aromatic heterocycles. The highest BCUT2D eigenvalue weighted by Crippen LogP contribution is 2.19. The van der Waals surface area contributed by atoms with Crippen LogP contribution in [0.3, 0.4) is 0 Å². The second-order valence-corrected chi connectivity index (χ2v) is 7.09. The molecule has 0 bridgehead atoms. The van der Waals surface area contributed by atoms with Gasteiger partial charge in [0.2, 0.25) is 0 Å². The van der Waals surface area contributed by atoms with E-state index in [1.54, 1.807) is 6.26 Å². The molecular weight excluding hydrogens is 270 g/mol. The van der Waals surface area contributed by atoms with Gasteiger partial charge in [0.1, 0.15) is 5.82 Å². The minimum absolute atomic E-state index is 0.185. The number of rotatable bonds is 6. The van der Waals surface area contributed by atoms with Crippen molar-refractivity contribution in [2.45, 2.75) is 31.6 Å². The summed E-state index contributed by atoms with van der Waals surface area (Å²) in [5, 5.41) is 3.70. The van der Waals surface area contributed by atoms with Gasteiger partial charge in [-0.05, 0) is 32.0 Å². The molecule has 20 heavy (non-hydrogen) atoms. The number of fused-ring (bicyclic) bond motifs is 1. The summed E-state index contributed by atoms with van der Waals surface area (Å²) in [6, 6.07) is 8.35. The van der Waals surface area contributed by atoms with Crippen LogP contribution in [0.1, 0.15) is 32.1 Å². The monoisotopic (exact) mass is 293 g/mol. The quantitative estimate of drug-likeness (QED) is 0.889. The molecule has 1 N–H and O–H groups in total. The molecule has 4 nitrogen and oxygen atoms in total. The van der Waals surface area contributed by atoms with Crippen molar-refractivity contribution in [3.63, 3.8) is 0 Å². The first kappa shape index (κ1) is 15.2. The molecule has 0 saturated heterocycles. The van der Waals surface area contributed by atoms with Gasteiger partial charge in [-0.3, -0.25) is 4.21 Å². The van der Waals surface area contributed by atoms with Crippen molar-refractivity contribution in [3.8, 4) is 0 Å². The molecular formula is C15H23N3OS. The Labute approximate surface area is 123 Å². The van der Waals surface area contributed by atoms with Gasteiger partial charge in [0.25, 0.3) is 0 Å². The fraction of sp³-hybridized carbons (Fsp3) is 0.533. The minimum atomic E-state index is -0.747. The summed E-state index contributed by atoms with van der Waals surface area (Å²) in [6.45, 7) is 5.00. The molecule has 2 rings (SSSR count). The van der Waals surface area contributed by atoms with E-state index in [0.29, 0.717) is 0 Å². The summed E-state index contributed by atoms with van der Waals surface area (Å²) in [7, 11) is 1.30. The second kappa shape index (κ2) is 6.50.